The van der Waals surface area contributed by atoms with E-state index in [1.807, 2.05) is 0 Å². The maximum atomic E-state index is 11.0. The third-order valence-corrected chi connectivity index (χ3v) is 8.37. The first-order valence-electron chi connectivity index (χ1n) is 7.15. The molecule has 4 nitrogen and oxygen atoms in total. The lowest BCUT2D eigenvalue weighted by atomic mass is 10.1. The van der Waals surface area contributed by atoms with Crippen molar-refractivity contribution in [2.75, 3.05) is 13.7 Å². The summed E-state index contributed by atoms with van der Waals surface area (Å²) in [4.78, 5) is 11.0. The number of carbonyl (C=O) groups excluding carboxylic acids is 1. The Morgan fingerprint density at radius 3 is 2.35 bits per heavy atom. The molecule has 0 amide bonds. The third-order valence-electron chi connectivity index (χ3n) is 3.83. The number of carbonyl (C=O) groups is 1. The van der Waals surface area contributed by atoms with E-state index in [2.05, 4.69) is 45.2 Å². The van der Waals surface area contributed by atoms with Gasteiger partial charge in [-0.2, -0.15) is 0 Å². The van der Waals surface area contributed by atoms with Gasteiger partial charge in [-0.25, -0.2) is 4.79 Å². The van der Waals surface area contributed by atoms with Crippen molar-refractivity contribution in [3.8, 4) is 0 Å². The van der Waals surface area contributed by atoms with E-state index in [0.717, 1.165) is 25.9 Å². The summed E-state index contributed by atoms with van der Waals surface area (Å²) < 4.78 is 15.6. The van der Waals surface area contributed by atoms with Gasteiger partial charge in [-0.3, -0.25) is 0 Å². The monoisotopic (exact) mass is 302 g/mol. The van der Waals surface area contributed by atoms with Gasteiger partial charge in [-0.05, 0) is 37.4 Å². The number of rotatable bonds is 8. The lowest BCUT2D eigenvalue weighted by molar-refractivity contribution is 0.0490. The molecule has 0 aromatic heterocycles. The summed E-state index contributed by atoms with van der Waals surface area (Å²) in [7, 11) is -0.347. The van der Waals surface area contributed by atoms with Gasteiger partial charge in [0.2, 0.25) is 0 Å². The normalized spacial score (nSPS) is 13.7. The Morgan fingerprint density at radius 1 is 1.30 bits per heavy atom. The number of hydrogen-bond donors (Lipinski definition) is 0. The molecule has 0 aliphatic rings. The van der Waals surface area contributed by atoms with Crippen molar-refractivity contribution >= 4 is 14.5 Å². The molecule has 0 aromatic carbocycles. The first-order chi connectivity index (χ1) is 9.14. The van der Waals surface area contributed by atoms with Gasteiger partial charge in [0.05, 0.1) is 7.11 Å². The van der Waals surface area contributed by atoms with Crippen molar-refractivity contribution in [1.29, 1.82) is 0 Å². The van der Waals surface area contributed by atoms with Crippen LogP contribution in [0.15, 0.2) is 12.7 Å². The molecule has 0 N–H and O–H groups in total. The zero-order chi connectivity index (χ0) is 15.8. The molecule has 1 unspecified atom stereocenters. The standard InChI is InChI=1S/C15H30O4Si/c1-8-13(19-14(16)17-5)11-9-10-12-18-20(6,7)15(2,3)4/h8,13H,1,9-12H2,2-7H3. The molecule has 118 valence electrons. The maximum Gasteiger partial charge on any atom is 0.508 e. The summed E-state index contributed by atoms with van der Waals surface area (Å²) >= 11 is 0. The van der Waals surface area contributed by atoms with E-state index in [9.17, 15) is 4.79 Å². The molecule has 0 heterocycles. The molecule has 20 heavy (non-hydrogen) atoms. The number of methoxy groups -OCH3 is 1. The van der Waals surface area contributed by atoms with E-state index in [1.54, 1.807) is 6.08 Å². The average molecular weight is 302 g/mol. The van der Waals surface area contributed by atoms with Crippen LogP contribution in [0, 0.1) is 0 Å². The molecule has 0 rings (SSSR count). The fourth-order valence-electron chi connectivity index (χ4n) is 1.39. The van der Waals surface area contributed by atoms with Gasteiger partial charge < -0.3 is 13.9 Å². The lowest BCUT2D eigenvalue weighted by Crippen LogP contribution is -2.40. The molecule has 0 bridgehead atoms. The van der Waals surface area contributed by atoms with Crippen LogP contribution in [-0.4, -0.2) is 34.3 Å². The Hall–Kier alpha value is -0.813. The average Bonchev–Trinajstić information content (AvgIpc) is 2.35. The zero-order valence-corrected chi connectivity index (χ0v) is 14.8. The van der Waals surface area contributed by atoms with Crippen LogP contribution in [0.3, 0.4) is 0 Å². The molecule has 0 aromatic rings. The van der Waals surface area contributed by atoms with Gasteiger partial charge in [0.15, 0.2) is 8.32 Å². The van der Waals surface area contributed by atoms with Crippen molar-refractivity contribution < 1.29 is 18.7 Å². The van der Waals surface area contributed by atoms with Crippen molar-refractivity contribution in [2.24, 2.45) is 0 Å². The molecule has 0 saturated heterocycles. The third kappa shape index (κ3) is 7.10. The lowest BCUT2D eigenvalue weighted by Gasteiger charge is -2.36. The van der Waals surface area contributed by atoms with Crippen molar-refractivity contribution in [1.82, 2.24) is 0 Å². The van der Waals surface area contributed by atoms with Gasteiger partial charge in [0, 0.05) is 6.61 Å². The summed E-state index contributed by atoms with van der Waals surface area (Å²) in [5.74, 6) is 0. The highest BCUT2D eigenvalue weighted by molar-refractivity contribution is 6.74. The summed E-state index contributed by atoms with van der Waals surface area (Å²) in [6.45, 7) is 15.6. The predicted molar refractivity (Wildman–Crippen MR) is 84.5 cm³/mol. The van der Waals surface area contributed by atoms with Crippen LogP contribution >= 0.6 is 0 Å². The van der Waals surface area contributed by atoms with Gasteiger partial charge in [0.1, 0.15) is 6.10 Å². The first kappa shape index (κ1) is 19.2. The van der Waals surface area contributed by atoms with E-state index in [-0.39, 0.29) is 11.1 Å². The van der Waals surface area contributed by atoms with Crippen LogP contribution in [-0.2, 0) is 13.9 Å². The summed E-state index contributed by atoms with van der Waals surface area (Å²) in [5.41, 5.74) is 0. The second-order valence-electron chi connectivity index (χ2n) is 6.45. The highest BCUT2D eigenvalue weighted by Crippen LogP contribution is 2.36. The highest BCUT2D eigenvalue weighted by atomic mass is 28.4. The van der Waals surface area contributed by atoms with Gasteiger partial charge in [-0.15, -0.1) is 0 Å². The highest BCUT2D eigenvalue weighted by Gasteiger charge is 2.36. The molecule has 0 fully saturated rings. The molecular formula is C15H30O4Si. The largest absolute Gasteiger partial charge is 0.508 e. The molecule has 5 heteroatoms. The van der Waals surface area contributed by atoms with E-state index < -0.39 is 14.5 Å². The SMILES string of the molecule is C=CC(CCCCO[Si](C)(C)C(C)(C)C)OC(=O)OC. The molecule has 0 saturated carbocycles. The fraction of sp³-hybridized carbons (Fsp3) is 0.800. The second-order valence-corrected chi connectivity index (χ2v) is 11.3. The van der Waals surface area contributed by atoms with Crippen LogP contribution in [0.1, 0.15) is 40.0 Å². The Morgan fingerprint density at radius 2 is 1.90 bits per heavy atom. The number of hydrogen-bond acceptors (Lipinski definition) is 4. The maximum absolute atomic E-state index is 11.0. The first-order valence-corrected chi connectivity index (χ1v) is 10.1. The van der Waals surface area contributed by atoms with Gasteiger partial charge in [0.25, 0.3) is 0 Å². The van der Waals surface area contributed by atoms with Crippen molar-refractivity contribution in [3.63, 3.8) is 0 Å². The number of ether oxygens (including phenoxy) is 2. The topological polar surface area (TPSA) is 44.8 Å². The second kappa shape index (κ2) is 8.47. The summed E-state index contributed by atoms with van der Waals surface area (Å²) in [6.07, 6.45) is 3.33. The fourth-order valence-corrected chi connectivity index (χ4v) is 2.48. The van der Waals surface area contributed by atoms with Crippen LogP contribution in [0.4, 0.5) is 4.79 Å². The molecule has 1 atom stereocenters. The Labute approximate surface area is 124 Å². The van der Waals surface area contributed by atoms with Crippen LogP contribution in [0.2, 0.25) is 18.1 Å². The number of unbranched alkanes of at least 4 members (excludes halogenated alkanes) is 1. The summed E-state index contributed by atoms with van der Waals surface area (Å²) in [5, 5.41) is 0.241. The van der Waals surface area contributed by atoms with Crippen molar-refractivity contribution in [3.05, 3.63) is 12.7 Å². The van der Waals surface area contributed by atoms with Crippen LogP contribution in [0.5, 0.6) is 0 Å². The molecule has 0 spiro atoms. The molecule has 0 aliphatic heterocycles. The quantitative estimate of drug-likeness (QED) is 0.286. The minimum absolute atomic E-state index is 0.241. The Balaban J connectivity index is 3.91. The summed E-state index contributed by atoms with van der Waals surface area (Å²) in [6, 6.07) is 0. The molecule has 0 radical (unpaired) electrons. The van der Waals surface area contributed by atoms with Crippen molar-refractivity contribution in [2.45, 2.75) is 64.3 Å². The van der Waals surface area contributed by atoms with Gasteiger partial charge >= 0.3 is 6.16 Å². The predicted octanol–water partition coefficient (Wildman–Crippen LogP) is 4.52. The van der Waals surface area contributed by atoms with Crippen LogP contribution < -0.4 is 0 Å². The Kier molecular flexibility index (Phi) is 8.12. The zero-order valence-electron chi connectivity index (χ0n) is 13.8. The van der Waals surface area contributed by atoms with E-state index in [4.69, 9.17) is 9.16 Å². The van der Waals surface area contributed by atoms with E-state index in [1.165, 1.54) is 7.11 Å². The smallest absolute Gasteiger partial charge is 0.438 e. The van der Waals surface area contributed by atoms with E-state index in [0.29, 0.717) is 0 Å². The molecule has 0 aliphatic carbocycles. The Bertz CT molecular complexity index is 307. The van der Waals surface area contributed by atoms with Gasteiger partial charge in [-0.1, -0.05) is 33.4 Å². The minimum Gasteiger partial charge on any atom is -0.438 e. The minimum atomic E-state index is -1.65. The molecular weight excluding hydrogens is 272 g/mol. The van der Waals surface area contributed by atoms with Crippen LogP contribution in [0.25, 0.3) is 0 Å². The van der Waals surface area contributed by atoms with E-state index >= 15 is 0 Å².